The summed E-state index contributed by atoms with van der Waals surface area (Å²) >= 11 is 0. The number of hydrogen-bond donors (Lipinski definition) is 3. The number of carboxylic acid groups (broad SMARTS) is 1. The van der Waals surface area contributed by atoms with E-state index in [2.05, 4.69) is 18.7 Å². The number of nitrogens with zero attached hydrogens (tertiary/aromatic N) is 2. The highest BCUT2D eigenvalue weighted by molar-refractivity contribution is 6.24. The highest BCUT2D eigenvalue weighted by Gasteiger charge is 2.46. The maximum absolute atomic E-state index is 13.3. The highest BCUT2D eigenvalue weighted by Crippen LogP contribution is 2.49. The summed E-state index contributed by atoms with van der Waals surface area (Å²) in [5, 5.41) is 29.3. The smallest absolute Gasteiger partial charge is 0.335 e. The first-order valence-corrected chi connectivity index (χ1v) is 12.3. The van der Waals surface area contributed by atoms with Gasteiger partial charge in [-0.15, -0.1) is 0 Å². The number of Topliss-reactive ketones (excluding diaryl/α,β-unsaturated/α-hetero) is 1. The molecule has 0 saturated carbocycles. The van der Waals surface area contributed by atoms with Gasteiger partial charge in [0.1, 0.15) is 19.4 Å². The third-order valence-electron chi connectivity index (χ3n) is 8.17. The third-order valence-corrected chi connectivity index (χ3v) is 8.17. The van der Waals surface area contributed by atoms with Gasteiger partial charge < -0.3 is 15.1 Å². The second kappa shape index (κ2) is 8.51. The summed E-state index contributed by atoms with van der Waals surface area (Å²) in [5.74, 6) is -1.30. The standard InChI is InChI=1S/C30H30N2O6/c1-29(2)20-11-16(15-38-37)7-9-22(20)31(5)24(29)13-18-26(33)19(27(18)34)14-25-30(3,4)21-12-17(28(35)36)8-10-23(21)32(25)6/h7-14H,15H2,1-6H3,(H2-,33,34,35,36,37)/p+1. The Bertz CT molecular complexity index is 1550. The van der Waals surface area contributed by atoms with E-state index in [1.54, 1.807) is 30.4 Å². The largest absolute Gasteiger partial charge is 0.506 e. The van der Waals surface area contributed by atoms with Crippen molar-refractivity contribution in [3.63, 3.8) is 0 Å². The van der Waals surface area contributed by atoms with Crippen LogP contribution in [0.5, 0.6) is 0 Å². The van der Waals surface area contributed by atoms with Gasteiger partial charge in [0.25, 0.3) is 0 Å². The van der Waals surface area contributed by atoms with Crippen LogP contribution in [0.3, 0.4) is 0 Å². The number of carbonyl (C=O) groups excluding carboxylic acids is 1. The lowest BCUT2D eigenvalue weighted by molar-refractivity contribution is -0.401. The minimum absolute atomic E-state index is 0.0593. The quantitative estimate of drug-likeness (QED) is 0.222. The predicted molar refractivity (Wildman–Crippen MR) is 143 cm³/mol. The normalized spacial score (nSPS) is 21.3. The summed E-state index contributed by atoms with van der Waals surface area (Å²) in [7, 11) is 3.80. The van der Waals surface area contributed by atoms with Gasteiger partial charge in [-0.25, -0.2) is 9.68 Å². The molecule has 0 amide bonds. The van der Waals surface area contributed by atoms with E-state index in [1.165, 1.54) is 0 Å². The van der Waals surface area contributed by atoms with Gasteiger partial charge in [0.15, 0.2) is 5.71 Å². The fraction of sp³-hybridized carbons (Fsp3) is 0.300. The van der Waals surface area contributed by atoms with Crippen molar-refractivity contribution in [2.75, 3.05) is 19.0 Å². The van der Waals surface area contributed by atoms with E-state index in [0.717, 1.165) is 39.5 Å². The summed E-state index contributed by atoms with van der Waals surface area (Å²) in [6.45, 7) is 8.14. The molecule has 0 unspecified atom stereocenters. The number of aliphatic hydroxyl groups excluding tert-OH is 1. The van der Waals surface area contributed by atoms with Crippen LogP contribution in [0.15, 0.2) is 71.2 Å². The zero-order valence-electron chi connectivity index (χ0n) is 22.3. The minimum atomic E-state index is -0.995. The number of fused-ring (bicyclic) bond motifs is 2. The first-order chi connectivity index (χ1) is 17.8. The Kier molecular flexibility index (Phi) is 5.74. The van der Waals surface area contributed by atoms with Crippen LogP contribution in [-0.2, 0) is 27.1 Å². The van der Waals surface area contributed by atoms with Crippen LogP contribution in [0, 0.1) is 0 Å². The van der Waals surface area contributed by atoms with Crippen molar-refractivity contribution in [2.24, 2.45) is 0 Å². The topological polar surface area (TPSA) is 110 Å². The molecule has 1 aliphatic carbocycles. The Balaban J connectivity index is 1.52. The number of allylic oxidation sites excluding steroid dienone is 5. The second-order valence-electron chi connectivity index (χ2n) is 11.1. The first-order valence-electron chi connectivity index (χ1n) is 12.3. The fourth-order valence-electron chi connectivity index (χ4n) is 5.92. The van der Waals surface area contributed by atoms with Crippen molar-refractivity contribution < 1.29 is 34.5 Å². The van der Waals surface area contributed by atoms with E-state index in [9.17, 15) is 19.8 Å². The van der Waals surface area contributed by atoms with Gasteiger partial charge in [-0.05, 0) is 49.2 Å². The van der Waals surface area contributed by atoms with Crippen molar-refractivity contribution >= 4 is 28.8 Å². The number of rotatable bonds is 5. The van der Waals surface area contributed by atoms with Crippen LogP contribution in [0.25, 0.3) is 0 Å². The lowest BCUT2D eigenvalue weighted by Gasteiger charge is -2.27. The van der Waals surface area contributed by atoms with E-state index in [0.29, 0.717) is 0 Å². The lowest BCUT2D eigenvalue weighted by atomic mass is 9.77. The molecule has 8 heteroatoms. The molecule has 0 aromatic heterocycles. The molecule has 3 aliphatic rings. The van der Waals surface area contributed by atoms with Crippen LogP contribution in [0.2, 0.25) is 0 Å². The van der Waals surface area contributed by atoms with Gasteiger partial charge in [0.2, 0.25) is 11.5 Å². The Hall–Kier alpha value is -4.01. The van der Waals surface area contributed by atoms with Crippen molar-refractivity contribution in [3.8, 4) is 0 Å². The fourth-order valence-corrected chi connectivity index (χ4v) is 5.92. The second-order valence-corrected chi connectivity index (χ2v) is 11.1. The minimum Gasteiger partial charge on any atom is -0.506 e. The molecular weight excluding hydrogens is 484 g/mol. The molecule has 2 aliphatic heterocycles. The molecule has 0 spiro atoms. The van der Waals surface area contributed by atoms with Gasteiger partial charge in [-0.3, -0.25) is 10.1 Å². The van der Waals surface area contributed by atoms with Gasteiger partial charge in [0.05, 0.1) is 22.1 Å². The monoisotopic (exact) mass is 515 g/mol. The molecule has 38 heavy (non-hydrogen) atoms. The number of ketones is 1. The number of anilines is 1. The van der Waals surface area contributed by atoms with Crippen molar-refractivity contribution in [2.45, 2.75) is 45.1 Å². The maximum atomic E-state index is 13.3. The number of aromatic carboxylic acids is 1. The number of carbonyl (C=O) groups is 2. The van der Waals surface area contributed by atoms with E-state index >= 15 is 0 Å². The summed E-state index contributed by atoms with van der Waals surface area (Å²) in [5.41, 5.74) is 5.89. The van der Waals surface area contributed by atoms with Crippen LogP contribution < -0.4 is 4.90 Å². The van der Waals surface area contributed by atoms with Crippen LogP contribution in [0.4, 0.5) is 11.4 Å². The molecule has 2 aromatic carbocycles. The number of hydrogen-bond acceptors (Lipinski definition) is 6. The molecule has 2 heterocycles. The zero-order valence-corrected chi connectivity index (χ0v) is 22.3. The first kappa shape index (κ1) is 25.6. The van der Waals surface area contributed by atoms with E-state index in [-0.39, 0.29) is 34.9 Å². The predicted octanol–water partition coefficient (Wildman–Crippen LogP) is 5.01. The molecule has 2 aromatic rings. The van der Waals surface area contributed by atoms with Gasteiger partial charge in [-0.2, -0.15) is 4.58 Å². The molecular formula is C30H31N2O6+. The van der Waals surface area contributed by atoms with Crippen molar-refractivity contribution in [1.82, 2.24) is 0 Å². The average Bonchev–Trinajstić information content (AvgIpc) is 3.18. The van der Waals surface area contributed by atoms with E-state index in [4.69, 9.17) is 5.26 Å². The Labute approximate surface area is 221 Å². The molecule has 8 nitrogen and oxygen atoms in total. The molecule has 196 valence electrons. The van der Waals surface area contributed by atoms with Crippen molar-refractivity contribution in [3.05, 3.63) is 93.4 Å². The van der Waals surface area contributed by atoms with Crippen LogP contribution in [-0.4, -0.2) is 51.6 Å². The summed E-state index contributed by atoms with van der Waals surface area (Å²) < 4.78 is 1.93. The number of carboxylic acids is 1. The van der Waals surface area contributed by atoms with Gasteiger partial charge in [0, 0.05) is 41.6 Å². The Morgan fingerprint density at radius 1 is 1.05 bits per heavy atom. The van der Waals surface area contributed by atoms with E-state index in [1.807, 2.05) is 55.6 Å². The van der Waals surface area contributed by atoms with Gasteiger partial charge >= 0.3 is 5.97 Å². The molecule has 0 bridgehead atoms. The molecule has 3 N–H and O–H groups in total. The zero-order chi connectivity index (χ0) is 27.7. The number of likely N-dealkylation sites (N-methyl/N-ethyl adjacent to an activating group) is 1. The van der Waals surface area contributed by atoms with Crippen molar-refractivity contribution in [1.29, 1.82) is 0 Å². The Morgan fingerprint density at radius 3 is 2.39 bits per heavy atom. The molecule has 0 saturated heterocycles. The van der Waals surface area contributed by atoms with Crippen LogP contribution >= 0.6 is 0 Å². The molecule has 0 fully saturated rings. The lowest BCUT2D eigenvalue weighted by Crippen LogP contribution is -2.31. The Morgan fingerprint density at radius 2 is 1.76 bits per heavy atom. The SMILES string of the molecule is CN1C(=CC2=C(O)C(=CC3=[N+](C)c4ccc(C(=O)O)cc4C3(C)C)C2=O)C(C)(C)c2cc(COO)ccc21. The van der Waals surface area contributed by atoms with Gasteiger partial charge in [-0.1, -0.05) is 26.0 Å². The summed E-state index contributed by atoms with van der Waals surface area (Å²) in [6.07, 6.45) is 3.46. The average molecular weight is 516 g/mol. The van der Waals surface area contributed by atoms with E-state index < -0.39 is 16.8 Å². The van der Waals surface area contributed by atoms with Crippen LogP contribution in [0.1, 0.15) is 54.7 Å². The molecule has 0 atom stereocenters. The maximum Gasteiger partial charge on any atom is 0.335 e. The molecule has 5 rings (SSSR count). The molecule has 0 radical (unpaired) electrons. The third kappa shape index (κ3) is 3.55. The highest BCUT2D eigenvalue weighted by atomic mass is 17.1. The summed E-state index contributed by atoms with van der Waals surface area (Å²) in [4.78, 5) is 31.1. The summed E-state index contributed by atoms with van der Waals surface area (Å²) in [6, 6.07) is 10.8. The number of benzene rings is 2. The number of aliphatic hydroxyl groups is 1.